The van der Waals surface area contributed by atoms with Crippen molar-refractivity contribution in [1.29, 1.82) is 0 Å². The van der Waals surface area contributed by atoms with Crippen LogP contribution in [0.5, 0.6) is 11.5 Å². The zero-order valence-electron chi connectivity index (χ0n) is 17.2. The van der Waals surface area contributed by atoms with Gasteiger partial charge in [-0.2, -0.15) is 0 Å². The third-order valence-corrected chi connectivity index (χ3v) is 5.96. The van der Waals surface area contributed by atoms with Crippen LogP contribution >= 0.6 is 0 Å². The lowest BCUT2D eigenvalue weighted by Crippen LogP contribution is -2.38. The first-order chi connectivity index (χ1) is 14.5. The van der Waals surface area contributed by atoms with E-state index in [0.29, 0.717) is 41.0 Å². The van der Waals surface area contributed by atoms with Gasteiger partial charge < -0.3 is 14.3 Å². The Kier molecular flexibility index (Phi) is 4.63. The minimum atomic E-state index is -0.188. The maximum atomic E-state index is 12.9. The quantitative estimate of drug-likeness (QED) is 0.607. The van der Waals surface area contributed by atoms with E-state index in [0.717, 1.165) is 24.1 Å². The van der Waals surface area contributed by atoms with E-state index in [4.69, 9.17) is 9.15 Å². The standard InChI is InChI=1S/C25H25NO4/c1-15-9-16(2)13-26(12-15)14-20-21(27)8-7-19-24(28)23(30-25(19)20)11-18-10-17-5-3-4-6-22(17)29-18/h3-8,10-11,15-16,27H,9,12-14H2,1-2H3/t15-,16-/m0/s1. The Morgan fingerprint density at radius 1 is 1.13 bits per heavy atom. The Hall–Kier alpha value is -3.05. The molecule has 2 aromatic carbocycles. The molecule has 0 radical (unpaired) electrons. The van der Waals surface area contributed by atoms with Crippen LogP contribution in [0, 0.1) is 11.8 Å². The first-order valence-electron chi connectivity index (χ1n) is 10.5. The Balaban J connectivity index is 1.46. The number of carbonyl (C=O) groups excluding carboxylic acids is 1. The minimum absolute atomic E-state index is 0.164. The second-order valence-electron chi connectivity index (χ2n) is 8.71. The number of piperidine rings is 1. The van der Waals surface area contributed by atoms with Gasteiger partial charge in [-0.25, -0.2) is 0 Å². The van der Waals surface area contributed by atoms with Crippen molar-refractivity contribution in [1.82, 2.24) is 4.90 Å². The molecule has 2 aliphatic rings. The number of allylic oxidation sites excluding steroid dienone is 1. The number of furan rings is 1. The number of carbonyl (C=O) groups is 1. The molecule has 0 bridgehead atoms. The van der Waals surface area contributed by atoms with Crippen molar-refractivity contribution in [3.63, 3.8) is 0 Å². The number of likely N-dealkylation sites (tertiary alicyclic amines) is 1. The number of ketones is 1. The first-order valence-corrected chi connectivity index (χ1v) is 10.5. The minimum Gasteiger partial charge on any atom is -0.507 e. The van der Waals surface area contributed by atoms with Gasteiger partial charge in [-0.05, 0) is 42.5 Å². The molecule has 0 amide bonds. The summed E-state index contributed by atoms with van der Waals surface area (Å²) in [6.45, 7) is 7.03. The normalized spacial score (nSPS) is 23.1. The fourth-order valence-electron chi connectivity index (χ4n) is 4.80. The van der Waals surface area contributed by atoms with Crippen LogP contribution in [0.2, 0.25) is 0 Å². The molecular formula is C25H25NO4. The van der Waals surface area contributed by atoms with E-state index in [1.54, 1.807) is 18.2 Å². The van der Waals surface area contributed by atoms with Gasteiger partial charge in [0, 0.05) is 31.1 Å². The molecule has 1 aromatic heterocycles. The smallest absolute Gasteiger partial charge is 0.232 e. The third kappa shape index (κ3) is 3.39. The molecule has 0 spiro atoms. The molecule has 1 saturated heterocycles. The summed E-state index contributed by atoms with van der Waals surface area (Å²) in [5.41, 5.74) is 1.93. The molecule has 5 nitrogen and oxygen atoms in total. The molecule has 5 heteroatoms. The van der Waals surface area contributed by atoms with Gasteiger partial charge in [0.1, 0.15) is 22.8 Å². The summed E-state index contributed by atoms with van der Waals surface area (Å²) in [5, 5.41) is 11.5. The SMILES string of the molecule is C[C@H]1C[C@H](C)CN(Cc2c(O)ccc3c2OC(=Cc2cc4ccccc4o2)C3=O)C1. The molecular weight excluding hydrogens is 378 g/mol. The molecule has 3 heterocycles. The number of Topliss-reactive ketones (excluding diaryl/α,β-unsaturated/α-hetero) is 1. The molecule has 0 saturated carbocycles. The van der Waals surface area contributed by atoms with Crippen molar-refractivity contribution in [2.24, 2.45) is 11.8 Å². The predicted molar refractivity (Wildman–Crippen MR) is 115 cm³/mol. The van der Waals surface area contributed by atoms with Crippen LogP contribution in [0.1, 0.15) is 41.9 Å². The Morgan fingerprint density at radius 2 is 1.90 bits per heavy atom. The van der Waals surface area contributed by atoms with Gasteiger partial charge >= 0.3 is 0 Å². The second kappa shape index (κ2) is 7.33. The van der Waals surface area contributed by atoms with Crippen molar-refractivity contribution in [2.75, 3.05) is 13.1 Å². The first kappa shape index (κ1) is 18.9. The third-order valence-electron chi connectivity index (χ3n) is 5.96. The number of nitrogens with zero attached hydrogens (tertiary/aromatic N) is 1. The fourth-order valence-corrected chi connectivity index (χ4v) is 4.80. The highest BCUT2D eigenvalue weighted by atomic mass is 16.5. The van der Waals surface area contributed by atoms with Gasteiger partial charge in [0.25, 0.3) is 0 Å². The highest BCUT2D eigenvalue weighted by Gasteiger charge is 2.33. The monoisotopic (exact) mass is 403 g/mol. The van der Waals surface area contributed by atoms with Crippen molar-refractivity contribution in [2.45, 2.75) is 26.8 Å². The Morgan fingerprint density at radius 3 is 2.67 bits per heavy atom. The molecule has 1 fully saturated rings. The topological polar surface area (TPSA) is 62.9 Å². The van der Waals surface area contributed by atoms with Crippen molar-refractivity contribution in [3.05, 3.63) is 65.1 Å². The Bertz CT molecular complexity index is 1120. The number of phenols is 1. The highest BCUT2D eigenvalue weighted by molar-refractivity contribution is 6.15. The van der Waals surface area contributed by atoms with E-state index >= 15 is 0 Å². The predicted octanol–water partition coefficient (Wildman–Crippen LogP) is 5.23. The number of aromatic hydroxyl groups is 1. The number of rotatable bonds is 3. The number of phenolic OH excluding ortho intramolecular Hbond substituents is 1. The summed E-state index contributed by atoms with van der Waals surface area (Å²) >= 11 is 0. The van der Waals surface area contributed by atoms with Crippen molar-refractivity contribution < 1.29 is 19.1 Å². The molecule has 1 N–H and O–H groups in total. The zero-order chi connectivity index (χ0) is 20.8. The maximum absolute atomic E-state index is 12.9. The maximum Gasteiger partial charge on any atom is 0.232 e. The molecule has 30 heavy (non-hydrogen) atoms. The number of hydrogen-bond donors (Lipinski definition) is 1. The van der Waals surface area contributed by atoms with Crippen LogP contribution in [-0.4, -0.2) is 28.9 Å². The lowest BCUT2D eigenvalue weighted by atomic mass is 9.91. The van der Waals surface area contributed by atoms with Crippen LogP contribution < -0.4 is 4.74 Å². The van der Waals surface area contributed by atoms with Crippen molar-refractivity contribution >= 4 is 22.8 Å². The number of benzene rings is 2. The molecule has 154 valence electrons. The van der Waals surface area contributed by atoms with E-state index < -0.39 is 0 Å². The van der Waals surface area contributed by atoms with Gasteiger partial charge in [-0.3, -0.25) is 9.69 Å². The van der Waals surface area contributed by atoms with Gasteiger partial charge in [0.05, 0.1) is 11.1 Å². The lowest BCUT2D eigenvalue weighted by Gasteiger charge is -2.35. The van der Waals surface area contributed by atoms with Gasteiger partial charge in [0.15, 0.2) is 5.76 Å². The number of hydrogen-bond acceptors (Lipinski definition) is 5. The van der Waals surface area contributed by atoms with E-state index in [-0.39, 0.29) is 17.3 Å². The molecule has 5 rings (SSSR count). The molecule has 2 aliphatic heterocycles. The Labute approximate surface area is 175 Å². The molecule has 0 unspecified atom stereocenters. The van der Waals surface area contributed by atoms with E-state index in [1.165, 1.54) is 6.42 Å². The molecule has 2 atom stereocenters. The van der Waals surface area contributed by atoms with E-state index in [2.05, 4.69) is 18.7 Å². The van der Waals surface area contributed by atoms with Crippen LogP contribution in [0.15, 0.2) is 52.6 Å². The van der Waals surface area contributed by atoms with Crippen molar-refractivity contribution in [3.8, 4) is 11.5 Å². The van der Waals surface area contributed by atoms with Gasteiger partial charge in [-0.1, -0.05) is 32.0 Å². The van der Waals surface area contributed by atoms with Crippen LogP contribution in [0.3, 0.4) is 0 Å². The van der Waals surface area contributed by atoms with Crippen LogP contribution in [-0.2, 0) is 6.54 Å². The number of fused-ring (bicyclic) bond motifs is 2. The second-order valence-corrected chi connectivity index (χ2v) is 8.71. The molecule has 3 aromatic rings. The average Bonchev–Trinajstić information content (AvgIpc) is 3.24. The van der Waals surface area contributed by atoms with E-state index in [9.17, 15) is 9.90 Å². The largest absolute Gasteiger partial charge is 0.507 e. The number of para-hydroxylation sites is 1. The van der Waals surface area contributed by atoms with Crippen LogP contribution in [0.25, 0.3) is 17.0 Å². The number of ether oxygens (including phenoxy) is 1. The lowest BCUT2D eigenvalue weighted by molar-refractivity contribution is 0.101. The summed E-state index contributed by atoms with van der Waals surface area (Å²) in [5.74, 6) is 2.45. The zero-order valence-corrected chi connectivity index (χ0v) is 17.2. The summed E-state index contributed by atoms with van der Waals surface area (Å²) in [4.78, 5) is 15.3. The molecule has 0 aliphatic carbocycles. The fraction of sp³-hybridized carbons (Fsp3) is 0.320. The summed E-state index contributed by atoms with van der Waals surface area (Å²) < 4.78 is 11.8. The average molecular weight is 403 g/mol. The van der Waals surface area contributed by atoms with Gasteiger partial charge in [-0.15, -0.1) is 0 Å². The highest BCUT2D eigenvalue weighted by Crippen LogP contribution is 2.41. The van der Waals surface area contributed by atoms with Crippen LogP contribution in [0.4, 0.5) is 0 Å². The van der Waals surface area contributed by atoms with Gasteiger partial charge in [0.2, 0.25) is 5.78 Å². The summed E-state index contributed by atoms with van der Waals surface area (Å²) in [6.07, 6.45) is 2.85. The summed E-state index contributed by atoms with van der Waals surface area (Å²) in [7, 11) is 0. The van der Waals surface area contributed by atoms with E-state index in [1.807, 2.05) is 30.3 Å². The summed E-state index contributed by atoms with van der Waals surface area (Å²) in [6, 6.07) is 12.8.